The van der Waals surface area contributed by atoms with Crippen LogP contribution >= 0.6 is 42.1 Å². The normalized spacial score (nSPS) is 14.8. The second kappa shape index (κ2) is 9.94. The van der Waals surface area contributed by atoms with Crippen molar-refractivity contribution < 1.29 is 9.05 Å². The Hall–Kier alpha value is -0.200. The number of rotatable bonds is 8. The van der Waals surface area contributed by atoms with Crippen molar-refractivity contribution in [3.8, 4) is 0 Å². The van der Waals surface area contributed by atoms with Crippen LogP contribution in [0.5, 0.6) is 0 Å². The molecule has 0 aromatic heterocycles. The predicted molar refractivity (Wildman–Crippen MR) is 109 cm³/mol. The van der Waals surface area contributed by atoms with E-state index in [1.807, 2.05) is 25.1 Å². The largest absolute Gasteiger partial charge is 0.404 e. The molecule has 0 saturated heterocycles. The van der Waals surface area contributed by atoms with Crippen LogP contribution in [0.25, 0.3) is 0 Å². The fraction of sp³-hybridized carbons (Fsp3) is 0.533. The van der Waals surface area contributed by atoms with Crippen molar-refractivity contribution in [2.45, 2.75) is 44.3 Å². The van der Waals surface area contributed by atoms with E-state index in [1.165, 1.54) is 21.8 Å². The van der Waals surface area contributed by atoms with E-state index in [-0.39, 0.29) is 5.17 Å². The molecule has 23 heavy (non-hydrogen) atoms. The van der Waals surface area contributed by atoms with Crippen LogP contribution in [0.4, 0.5) is 5.69 Å². The fourth-order valence-electron chi connectivity index (χ4n) is 1.77. The Morgan fingerprint density at radius 1 is 1.43 bits per heavy atom. The third kappa shape index (κ3) is 7.06. The quantitative estimate of drug-likeness (QED) is 0.298. The lowest BCUT2D eigenvalue weighted by Crippen LogP contribution is -2.13. The first-order valence-corrected chi connectivity index (χ1v) is 12.2. The molecule has 0 heterocycles. The highest BCUT2D eigenvalue weighted by atomic mass is 32.7. The van der Waals surface area contributed by atoms with Gasteiger partial charge in [0.15, 0.2) is 0 Å². The summed E-state index contributed by atoms with van der Waals surface area (Å²) in [6.45, 7) is 5.71. The SMILES string of the molecule is CCOP(=N)(OC(=S)Nc1ccc(SC)c(C)c1)SC(C)CC. The summed E-state index contributed by atoms with van der Waals surface area (Å²) in [5.41, 5.74) is 2.04. The average molecular weight is 393 g/mol. The molecular weight excluding hydrogens is 367 g/mol. The van der Waals surface area contributed by atoms with Crippen molar-refractivity contribution in [2.75, 3.05) is 18.2 Å². The first-order chi connectivity index (χ1) is 10.8. The minimum absolute atomic E-state index is 0.189. The Bertz CT molecular complexity index is 584. The lowest BCUT2D eigenvalue weighted by Gasteiger charge is -2.24. The number of anilines is 1. The highest BCUT2D eigenvalue weighted by Gasteiger charge is 2.25. The smallest absolute Gasteiger partial charge is 0.323 e. The summed E-state index contributed by atoms with van der Waals surface area (Å²) >= 11 is 8.40. The van der Waals surface area contributed by atoms with Crippen LogP contribution in [0.2, 0.25) is 0 Å². The molecule has 130 valence electrons. The Balaban J connectivity index is 2.75. The lowest BCUT2D eigenvalue weighted by atomic mass is 10.2. The summed E-state index contributed by atoms with van der Waals surface area (Å²) in [4.78, 5) is 1.23. The van der Waals surface area contributed by atoms with Crippen LogP contribution < -0.4 is 5.32 Å². The van der Waals surface area contributed by atoms with Crippen molar-refractivity contribution in [2.24, 2.45) is 0 Å². The number of thioether (sulfide) groups is 1. The molecule has 0 aliphatic carbocycles. The zero-order valence-electron chi connectivity index (χ0n) is 14.2. The molecule has 0 amide bonds. The van der Waals surface area contributed by atoms with Gasteiger partial charge in [-0.3, -0.25) is 5.16 Å². The second-order valence-corrected chi connectivity index (χ2v) is 10.7. The van der Waals surface area contributed by atoms with Crippen LogP contribution in [-0.4, -0.2) is 23.3 Å². The van der Waals surface area contributed by atoms with E-state index in [0.717, 1.165) is 12.1 Å². The Morgan fingerprint density at radius 3 is 2.65 bits per heavy atom. The molecule has 0 aliphatic rings. The maximum atomic E-state index is 8.46. The Labute approximate surface area is 153 Å². The molecule has 0 saturated carbocycles. The third-order valence-corrected chi connectivity index (χ3v) is 8.69. The van der Waals surface area contributed by atoms with E-state index in [0.29, 0.717) is 11.9 Å². The van der Waals surface area contributed by atoms with E-state index in [2.05, 4.69) is 32.3 Å². The zero-order chi connectivity index (χ0) is 17.5. The molecule has 8 heteroatoms. The molecule has 0 fully saturated rings. The molecule has 0 bridgehead atoms. The van der Waals surface area contributed by atoms with Gasteiger partial charge in [0.1, 0.15) is 0 Å². The molecule has 0 spiro atoms. The van der Waals surface area contributed by atoms with Gasteiger partial charge in [-0.15, -0.1) is 11.8 Å². The van der Waals surface area contributed by atoms with E-state index >= 15 is 0 Å². The van der Waals surface area contributed by atoms with Gasteiger partial charge in [0.2, 0.25) is 0 Å². The molecule has 1 rings (SSSR count). The first-order valence-electron chi connectivity index (χ1n) is 7.45. The van der Waals surface area contributed by atoms with Gasteiger partial charge in [0.25, 0.3) is 5.17 Å². The van der Waals surface area contributed by atoms with Crippen LogP contribution in [0.15, 0.2) is 23.1 Å². The van der Waals surface area contributed by atoms with Crippen LogP contribution in [0, 0.1) is 12.1 Å². The van der Waals surface area contributed by atoms with E-state index < -0.39 is 6.71 Å². The number of aryl methyl sites for hydroxylation is 1. The Kier molecular flexibility index (Phi) is 9.01. The maximum Gasteiger partial charge on any atom is 0.323 e. The number of benzene rings is 1. The Morgan fingerprint density at radius 2 is 2.13 bits per heavy atom. The fourth-order valence-corrected chi connectivity index (χ4v) is 7.03. The molecular formula is C15H25N2O2PS3. The van der Waals surface area contributed by atoms with Crippen molar-refractivity contribution >= 4 is 52.9 Å². The van der Waals surface area contributed by atoms with Gasteiger partial charge in [-0.25, -0.2) is 0 Å². The third-order valence-electron chi connectivity index (χ3n) is 3.04. The van der Waals surface area contributed by atoms with Gasteiger partial charge in [-0.2, -0.15) is 0 Å². The minimum Gasteiger partial charge on any atom is -0.404 e. The van der Waals surface area contributed by atoms with E-state index in [1.54, 1.807) is 11.8 Å². The van der Waals surface area contributed by atoms with Gasteiger partial charge in [0.05, 0.1) is 6.61 Å². The van der Waals surface area contributed by atoms with Crippen molar-refractivity contribution in [3.05, 3.63) is 23.8 Å². The minimum atomic E-state index is -2.80. The van der Waals surface area contributed by atoms with Crippen molar-refractivity contribution in [3.63, 3.8) is 0 Å². The molecule has 0 aliphatic heterocycles. The standard InChI is InChI=1S/C15H25N2O2PS3/c1-6-12(4)23-20(16,18-7-2)19-15(21)17-13-8-9-14(22-5)11(3)10-13/h8-10,12,16H,6-7H2,1-5H3,(H,17,21). The molecule has 2 atom stereocenters. The maximum absolute atomic E-state index is 8.46. The van der Waals surface area contributed by atoms with Crippen LogP contribution in [0.3, 0.4) is 0 Å². The summed E-state index contributed by atoms with van der Waals surface area (Å²) in [5, 5.41) is 12.0. The van der Waals surface area contributed by atoms with Gasteiger partial charge in [-0.1, -0.05) is 13.8 Å². The summed E-state index contributed by atoms with van der Waals surface area (Å²) in [7, 11) is 0. The number of hydrogen-bond acceptors (Lipinski definition) is 6. The average Bonchev–Trinajstić information content (AvgIpc) is 2.46. The van der Waals surface area contributed by atoms with Gasteiger partial charge in [0, 0.05) is 15.8 Å². The molecule has 4 nitrogen and oxygen atoms in total. The van der Waals surface area contributed by atoms with Crippen LogP contribution in [0.1, 0.15) is 32.8 Å². The lowest BCUT2D eigenvalue weighted by molar-refractivity contribution is 0.334. The molecule has 2 unspecified atom stereocenters. The van der Waals surface area contributed by atoms with E-state index in [9.17, 15) is 0 Å². The van der Waals surface area contributed by atoms with Crippen molar-refractivity contribution in [1.82, 2.24) is 0 Å². The highest BCUT2D eigenvalue weighted by Crippen LogP contribution is 2.63. The number of nitrogens with one attached hydrogen (secondary N) is 2. The van der Waals surface area contributed by atoms with E-state index in [4.69, 9.17) is 26.4 Å². The number of hydrogen-bond donors (Lipinski definition) is 2. The summed E-state index contributed by atoms with van der Waals surface area (Å²) in [6, 6.07) is 6.03. The molecule has 0 radical (unpaired) electrons. The summed E-state index contributed by atoms with van der Waals surface area (Å²) in [6.07, 6.45) is 3.01. The zero-order valence-corrected chi connectivity index (χ0v) is 17.6. The monoisotopic (exact) mass is 392 g/mol. The first kappa shape index (κ1) is 20.8. The van der Waals surface area contributed by atoms with Gasteiger partial charge >= 0.3 is 6.71 Å². The summed E-state index contributed by atoms with van der Waals surface area (Å²) < 4.78 is 11.2. The topological polar surface area (TPSA) is 54.3 Å². The van der Waals surface area contributed by atoms with Crippen molar-refractivity contribution in [1.29, 1.82) is 5.16 Å². The van der Waals surface area contributed by atoms with Gasteiger partial charge < -0.3 is 14.4 Å². The highest BCUT2D eigenvalue weighted by molar-refractivity contribution is 8.55. The molecule has 1 aromatic rings. The van der Waals surface area contributed by atoms with Crippen LogP contribution in [-0.2, 0) is 9.05 Å². The predicted octanol–water partition coefficient (Wildman–Crippen LogP) is 6.52. The number of thiocarbonyl (C=S) groups is 1. The second-order valence-electron chi connectivity index (χ2n) is 4.93. The summed E-state index contributed by atoms with van der Waals surface area (Å²) in [5.74, 6) is 0. The molecule has 2 N–H and O–H groups in total. The van der Waals surface area contributed by atoms with Gasteiger partial charge in [-0.05, 0) is 73.9 Å². The molecule has 1 aromatic carbocycles.